The smallest absolute Gasteiger partial charge is 0.214 e. The summed E-state index contributed by atoms with van der Waals surface area (Å²) in [5.41, 5.74) is 1.67. The van der Waals surface area contributed by atoms with Crippen molar-refractivity contribution in [3.63, 3.8) is 0 Å². The second-order valence-electron chi connectivity index (χ2n) is 5.28. The third-order valence-electron chi connectivity index (χ3n) is 3.48. The van der Waals surface area contributed by atoms with Crippen LogP contribution in [0.15, 0.2) is 18.2 Å². The molecule has 0 fully saturated rings. The number of nitrogens with zero attached hydrogens (tertiary/aromatic N) is 4. The molecule has 118 valence electrons. The van der Waals surface area contributed by atoms with E-state index in [9.17, 15) is 5.26 Å². The van der Waals surface area contributed by atoms with Crippen molar-refractivity contribution in [2.45, 2.75) is 19.8 Å². The molecule has 7 heteroatoms. The van der Waals surface area contributed by atoms with Gasteiger partial charge in [-0.15, -0.1) is 0 Å². The van der Waals surface area contributed by atoms with Crippen LogP contribution in [0.25, 0.3) is 16.2 Å². The van der Waals surface area contributed by atoms with Crippen molar-refractivity contribution in [3.05, 3.63) is 28.9 Å². The molecule has 0 unspecified atom stereocenters. The largest absolute Gasteiger partial charge is 0.497 e. The number of hydrogen-bond donors (Lipinski definition) is 0. The highest BCUT2D eigenvalue weighted by atomic mass is 32.1. The molecule has 0 aliphatic carbocycles. The zero-order valence-corrected chi connectivity index (χ0v) is 14.1. The van der Waals surface area contributed by atoms with Crippen LogP contribution in [0.3, 0.4) is 0 Å². The van der Waals surface area contributed by atoms with E-state index in [0.717, 1.165) is 5.01 Å². The minimum absolute atomic E-state index is 0.294. The lowest BCUT2D eigenvalue weighted by molar-refractivity contribution is 0.404. The molecule has 0 radical (unpaired) electrons. The first kappa shape index (κ1) is 15.3. The number of nitriles is 1. The zero-order chi connectivity index (χ0) is 16.6. The Labute approximate surface area is 137 Å². The molecule has 0 N–H and O–H groups in total. The maximum absolute atomic E-state index is 9.59. The maximum Gasteiger partial charge on any atom is 0.214 e. The fourth-order valence-corrected chi connectivity index (χ4v) is 3.18. The molecule has 2 aromatic heterocycles. The third kappa shape index (κ3) is 2.51. The quantitative estimate of drug-likeness (QED) is 0.733. The van der Waals surface area contributed by atoms with Crippen molar-refractivity contribution in [1.29, 1.82) is 5.26 Å². The zero-order valence-electron chi connectivity index (χ0n) is 13.3. The summed E-state index contributed by atoms with van der Waals surface area (Å²) in [4.78, 5) is 5.30. The lowest BCUT2D eigenvalue weighted by atomic mass is 10.1. The fourth-order valence-electron chi connectivity index (χ4n) is 2.28. The number of hydrogen-bond acceptors (Lipinski definition) is 6. The van der Waals surface area contributed by atoms with Crippen molar-refractivity contribution < 1.29 is 9.47 Å². The molecule has 1 aromatic carbocycles. The Morgan fingerprint density at radius 3 is 2.65 bits per heavy atom. The minimum Gasteiger partial charge on any atom is -0.497 e. The number of benzene rings is 1. The number of rotatable bonds is 4. The summed E-state index contributed by atoms with van der Waals surface area (Å²) < 4.78 is 12.3. The summed E-state index contributed by atoms with van der Waals surface area (Å²) in [6.45, 7) is 4.13. The second-order valence-corrected chi connectivity index (χ2v) is 6.26. The van der Waals surface area contributed by atoms with E-state index in [2.05, 4.69) is 30.0 Å². The van der Waals surface area contributed by atoms with Crippen LogP contribution in [0.5, 0.6) is 11.5 Å². The molecule has 23 heavy (non-hydrogen) atoms. The van der Waals surface area contributed by atoms with E-state index >= 15 is 0 Å². The lowest BCUT2D eigenvalue weighted by Crippen LogP contribution is -1.95. The molecule has 0 aliphatic heterocycles. The van der Waals surface area contributed by atoms with Gasteiger partial charge >= 0.3 is 0 Å². The number of fused-ring (bicyclic) bond motifs is 1. The number of aromatic nitrogens is 3. The Bertz CT molecular complexity index is 905. The summed E-state index contributed by atoms with van der Waals surface area (Å²) in [5, 5.41) is 15.0. The van der Waals surface area contributed by atoms with Gasteiger partial charge in [-0.3, -0.25) is 0 Å². The standard InChI is InChI=1S/C16H16N4O2S/c1-9(2)15-19-20-12(8-17)14(18-16(20)23-15)11-7-10(21-3)5-6-13(11)22-4/h5-7,9H,1-4H3. The summed E-state index contributed by atoms with van der Waals surface area (Å²) in [7, 11) is 3.18. The van der Waals surface area contributed by atoms with Gasteiger partial charge in [0.1, 0.15) is 28.3 Å². The molecule has 0 spiro atoms. The molecule has 0 saturated carbocycles. The van der Waals surface area contributed by atoms with Gasteiger partial charge in [-0.2, -0.15) is 14.9 Å². The average Bonchev–Trinajstić information content (AvgIpc) is 3.11. The van der Waals surface area contributed by atoms with Crippen molar-refractivity contribution in [3.8, 4) is 28.8 Å². The van der Waals surface area contributed by atoms with Gasteiger partial charge in [-0.25, -0.2) is 4.98 Å². The predicted octanol–water partition coefficient (Wildman–Crippen LogP) is 3.47. The van der Waals surface area contributed by atoms with Gasteiger partial charge in [0.15, 0.2) is 5.69 Å². The van der Waals surface area contributed by atoms with E-state index in [0.29, 0.717) is 39.3 Å². The van der Waals surface area contributed by atoms with E-state index in [4.69, 9.17) is 9.47 Å². The topological polar surface area (TPSA) is 72.4 Å². The van der Waals surface area contributed by atoms with Gasteiger partial charge in [-0.1, -0.05) is 25.2 Å². The molecular weight excluding hydrogens is 312 g/mol. The van der Waals surface area contributed by atoms with Crippen molar-refractivity contribution >= 4 is 16.3 Å². The van der Waals surface area contributed by atoms with Crippen LogP contribution >= 0.6 is 11.3 Å². The van der Waals surface area contributed by atoms with Crippen LogP contribution in [-0.4, -0.2) is 28.8 Å². The van der Waals surface area contributed by atoms with E-state index < -0.39 is 0 Å². The monoisotopic (exact) mass is 328 g/mol. The van der Waals surface area contributed by atoms with Crippen LogP contribution in [0, 0.1) is 11.3 Å². The van der Waals surface area contributed by atoms with Gasteiger partial charge in [0.25, 0.3) is 0 Å². The number of methoxy groups -OCH3 is 2. The Morgan fingerprint density at radius 2 is 2.04 bits per heavy atom. The van der Waals surface area contributed by atoms with Crippen molar-refractivity contribution in [1.82, 2.24) is 14.6 Å². The Balaban J connectivity index is 2.24. The Hall–Kier alpha value is -2.59. The van der Waals surface area contributed by atoms with Gasteiger partial charge in [0.2, 0.25) is 4.96 Å². The molecule has 0 amide bonds. The number of ether oxygens (including phenoxy) is 2. The van der Waals surface area contributed by atoms with Gasteiger partial charge < -0.3 is 9.47 Å². The molecule has 0 aliphatic rings. The first-order valence-corrected chi connectivity index (χ1v) is 7.92. The Morgan fingerprint density at radius 1 is 1.26 bits per heavy atom. The fraction of sp³-hybridized carbons (Fsp3) is 0.312. The summed E-state index contributed by atoms with van der Waals surface area (Å²) >= 11 is 1.49. The lowest BCUT2D eigenvalue weighted by Gasteiger charge is -2.08. The molecule has 3 aromatic rings. The van der Waals surface area contributed by atoms with E-state index in [1.54, 1.807) is 24.8 Å². The molecule has 6 nitrogen and oxygen atoms in total. The predicted molar refractivity (Wildman–Crippen MR) is 88.2 cm³/mol. The molecule has 0 saturated heterocycles. The van der Waals surface area contributed by atoms with E-state index in [-0.39, 0.29) is 0 Å². The third-order valence-corrected chi connectivity index (χ3v) is 4.69. The molecule has 2 heterocycles. The van der Waals surface area contributed by atoms with Crippen LogP contribution < -0.4 is 9.47 Å². The molecule has 0 atom stereocenters. The van der Waals surface area contributed by atoms with Crippen LogP contribution in [0.4, 0.5) is 0 Å². The molecule has 0 bridgehead atoms. The maximum atomic E-state index is 9.59. The Kier molecular flexibility index (Phi) is 3.92. The minimum atomic E-state index is 0.294. The van der Waals surface area contributed by atoms with Gasteiger partial charge in [0, 0.05) is 11.5 Å². The van der Waals surface area contributed by atoms with Crippen LogP contribution in [0.2, 0.25) is 0 Å². The van der Waals surface area contributed by atoms with E-state index in [1.165, 1.54) is 11.3 Å². The normalized spacial score (nSPS) is 11.0. The van der Waals surface area contributed by atoms with Crippen molar-refractivity contribution in [2.24, 2.45) is 0 Å². The highest BCUT2D eigenvalue weighted by Gasteiger charge is 2.21. The first-order chi connectivity index (χ1) is 11.1. The van der Waals surface area contributed by atoms with Gasteiger partial charge in [-0.05, 0) is 18.2 Å². The van der Waals surface area contributed by atoms with Crippen LogP contribution in [-0.2, 0) is 0 Å². The van der Waals surface area contributed by atoms with Crippen LogP contribution in [0.1, 0.15) is 30.5 Å². The van der Waals surface area contributed by atoms with Gasteiger partial charge in [0.05, 0.1) is 14.2 Å². The summed E-state index contributed by atoms with van der Waals surface area (Å²) in [6, 6.07) is 7.63. The molecular formula is C16H16N4O2S. The average molecular weight is 328 g/mol. The highest BCUT2D eigenvalue weighted by Crippen LogP contribution is 2.36. The van der Waals surface area contributed by atoms with Crippen molar-refractivity contribution in [2.75, 3.05) is 14.2 Å². The summed E-state index contributed by atoms with van der Waals surface area (Å²) in [5.74, 6) is 1.61. The summed E-state index contributed by atoms with van der Waals surface area (Å²) in [6.07, 6.45) is 0. The SMILES string of the molecule is COc1ccc(OC)c(-c2nc3sc(C(C)C)nn3c2C#N)c1. The molecule has 3 rings (SSSR count). The highest BCUT2D eigenvalue weighted by molar-refractivity contribution is 7.16. The number of imidazole rings is 1. The second kappa shape index (κ2) is 5.89. The first-order valence-electron chi connectivity index (χ1n) is 7.11. The van der Waals surface area contributed by atoms with E-state index in [1.807, 2.05) is 12.1 Å².